The van der Waals surface area contributed by atoms with Gasteiger partial charge in [-0.1, -0.05) is 102 Å². The van der Waals surface area contributed by atoms with Gasteiger partial charge in [0.05, 0.1) is 0 Å². The summed E-state index contributed by atoms with van der Waals surface area (Å²) in [5, 5.41) is 16.9. The molecule has 0 saturated carbocycles. The molecule has 0 bridgehead atoms. The first-order valence-corrected chi connectivity index (χ1v) is 12.0. The number of phenols is 1. The second-order valence-corrected chi connectivity index (χ2v) is 11.0. The molecule has 0 aliphatic heterocycles. The molecule has 2 amide bonds. The van der Waals surface area contributed by atoms with Crippen LogP contribution >= 0.6 is 0 Å². The molecule has 0 atom stereocenters. The fraction of sp³-hybridized carbons (Fsp3) is 0.367. The monoisotopic (exact) mass is 458 g/mol. The van der Waals surface area contributed by atoms with Gasteiger partial charge in [-0.3, -0.25) is 0 Å². The number of phenolic OH excluding ortho intramolecular Hbond substituents is 1. The predicted molar refractivity (Wildman–Crippen MR) is 142 cm³/mol. The van der Waals surface area contributed by atoms with E-state index in [1.807, 2.05) is 48.5 Å². The number of hydrogen-bond donors (Lipinski definition) is 3. The maximum Gasteiger partial charge on any atom is 0.319 e. The van der Waals surface area contributed by atoms with Gasteiger partial charge in [-0.2, -0.15) is 0 Å². The molecule has 0 aliphatic rings. The van der Waals surface area contributed by atoms with Crippen molar-refractivity contribution in [2.45, 2.75) is 71.8 Å². The summed E-state index contributed by atoms with van der Waals surface area (Å²) in [6.45, 7) is 13.3. The van der Waals surface area contributed by atoms with E-state index in [2.05, 4.69) is 70.4 Å². The Kier molecular flexibility index (Phi) is 7.71. The summed E-state index contributed by atoms with van der Waals surface area (Å²) < 4.78 is 0. The smallest absolute Gasteiger partial charge is 0.319 e. The van der Waals surface area contributed by atoms with Crippen LogP contribution in [-0.2, 0) is 30.2 Å². The van der Waals surface area contributed by atoms with Crippen LogP contribution in [0.25, 0.3) is 0 Å². The zero-order chi connectivity index (χ0) is 24.9. The van der Waals surface area contributed by atoms with Gasteiger partial charge < -0.3 is 15.7 Å². The molecule has 0 aromatic heterocycles. The van der Waals surface area contributed by atoms with Crippen molar-refractivity contribution in [2.24, 2.45) is 0 Å². The van der Waals surface area contributed by atoms with Gasteiger partial charge in [0, 0.05) is 12.2 Å². The highest BCUT2D eigenvalue weighted by atomic mass is 16.3. The lowest BCUT2D eigenvalue weighted by Crippen LogP contribution is -2.28. The average molecular weight is 459 g/mol. The molecule has 34 heavy (non-hydrogen) atoms. The zero-order valence-electron chi connectivity index (χ0n) is 21.3. The topological polar surface area (TPSA) is 61.4 Å². The first kappa shape index (κ1) is 25.4. The third-order valence-electron chi connectivity index (χ3n) is 6.03. The Balaban J connectivity index is 1.75. The van der Waals surface area contributed by atoms with Crippen LogP contribution in [0.1, 0.15) is 69.4 Å². The second-order valence-electron chi connectivity index (χ2n) is 11.0. The van der Waals surface area contributed by atoms with Gasteiger partial charge >= 0.3 is 6.03 Å². The Morgan fingerprint density at radius 2 is 1.32 bits per heavy atom. The molecule has 3 N–H and O–H groups in total. The number of carbonyl (C=O) groups is 1. The second kappa shape index (κ2) is 10.3. The van der Waals surface area contributed by atoms with Crippen LogP contribution in [0, 0.1) is 0 Å². The molecule has 4 heteroatoms. The van der Waals surface area contributed by atoms with E-state index in [1.165, 1.54) is 5.56 Å². The molecule has 0 radical (unpaired) electrons. The zero-order valence-corrected chi connectivity index (χ0v) is 21.3. The van der Waals surface area contributed by atoms with E-state index in [4.69, 9.17) is 0 Å². The van der Waals surface area contributed by atoms with Crippen LogP contribution in [0.15, 0.2) is 66.7 Å². The largest absolute Gasteiger partial charge is 0.507 e. The lowest BCUT2D eigenvalue weighted by atomic mass is 9.78. The summed E-state index contributed by atoms with van der Waals surface area (Å²) in [5.74, 6) is 0.404. The van der Waals surface area contributed by atoms with Crippen LogP contribution in [0.4, 0.5) is 10.5 Å². The average Bonchev–Trinajstić information content (AvgIpc) is 2.77. The van der Waals surface area contributed by atoms with E-state index < -0.39 is 0 Å². The molecule has 0 unspecified atom stereocenters. The molecule has 0 fully saturated rings. The van der Waals surface area contributed by atoms with Crippen molar-refractivity contribution >= 4 is 11.7 Å². The number of hydrogen-bond acceptors (Lipinski definition) is 2. The van der Waals surface area contributed by atoms with Crippen molar-refractivity contribution in [2.75, 3.05) is 5.32 Å². The normalized spacial score (nSPS) is 11.8. The number of para-hydroxylation sites is 1. The van der Waals surface area contributed by atoms with Gasteiger partial charge in [0.25, 0.3) is 0 Å². The quantitative estimate of drug-likeness (QED) is 0.369. The number of rotatable bonds is 6. The van der Waals surface area contributed by atoms with Crippen LogP contribution in [0.2, 0.25) is 0 Å². The Morgan fingerprint density at radius 1 is 0.765 bits per heavy atom. The number of benzene rings is 3. The van der Waals surface area contributed by atoms with E-state index in [0.717, 1.165) is 40.8 Å². The van der Waals surface area contributed by atoms with E-state index in [9.17, 15) is 9.90 Å². The third-order valence-corrected chi connectivity index (χ3v) is 6.03. The molecule has 0 saturated heterocycles. The van der Waals surface area contributed by atoms with Gasteiger partial charge in [-0.15, -0.1) is 0 Å². The van der Waals surface area contributed by atoms with Gasteiger partial charge in [0.2, 0.25) is 0 Å². The Bertz CT molecular complexity index is 1090. The van der Waals surface area contributed by atoms with Crippen molar-refractivity contribution in [3.8, 4) is 5.75 Å². The first-order chi connectivity index (χ1) is 15.9. The van der Waals surface area contributed by atoms with E-state index >= 15 is 0 Å². The van der Waals surface area contributed by atoms with Crippen LogP contribution in [0.3, 0.4) is 0 Å². The minimum atomic E-state index is -0.217. The van der Waals surface area contributed by atoms with Crippen molar-refractivity contribution in [1.29, 1.82) is 0 Å². The Hall–Kier alpha value is -3.27. The van der Waals surface area contributed by atoms with Crippen molar-refractivity contribution in [3.05, 3.63) is 94.5 Å². The van der Waals surface area contributed by atoms with Crippen LogP contribution in [0.5, 0.6) is 5.75 Å². The molecule has 4 nitrogen and oxygen atoms in total. The van der Waals surface area contributed by atoms with Crippen molar-refractivity contribution in [1.82, 2.24) is 5.32 Å². The fourth-order valence-electron chi connectivity index (χ4n) is 4.07. The minimum Gasteiger partial charge on any atom is -0.507 e. The standard InChI is InChI=1S/C30H38N2O2/c1-29(2,3)24-18-22(19-25(27(24)33)30(4,5)6)16-17-23-14-10-11-15-26(23)32-28(34)31-20-21-12-8-7-9-13-21/h7-15,18-19,33H,16-17,20H2,1-6H3,(H2,31,32,34). The molecule has 3 rings (SSSR count). The van der Waals surface area contributed by atoms with E-state index in [1.54, 1.807) is 0 Å². The number of aromatic hydroxyl groups is 1. The van der Waals surface area contributed by atoms with Crippen molar-refractivity contribution < 1.29 is 9.90 Å². The number of nitrogens with one attached hydrogen (secondary N) is 2. The number of urea groups is 1. The Labute approximate surface area is 204 Å². The SMILES string of the molecule is CC(C)(C)c1cc(CCc2ccccc2NC(=O)NCc2ccccc2)cc(C(C)(C)C)c1O. The van der Waals surface area contributed by atoms with Gasteiger partial charge in [0.1, 0.15) is 5.75 Å². The molecular weight excluding hydrogens is 420 g/mol. The maximum atomic E-state index is 12.5. The van der Waals surface area contributed by atoms with Gasteiger partial charge in [-0.25, -0.2) is 4.79 Å². The lowest BCUT2D eigenvalue weighted by Gasteiger charge is -2.28. The highest BCUT2D eigenvalue weighted by molar-refractivity contribution is 5.90. The third kappa shape index (κ3) is 6.63. The van der Waals surface area contributed by atoms with E-state index in [-0.39, 0.29) is 16.9 Å². The predicted octanol–water partition coefficient (Wildman–Crippen LogP) is 7.09. The summed E-state index contributed by atoms with van der Waals surface area (Å²) in [7, 11) is 0. The number of aryl methyl sites for hydroxylation is 2. The highest BCUT2D eigenvalue weighted by Gasteiger charge is 2.26. The summed E-state index contributed by atoms with van der Waals surface area (Å²) >= 11 is 0. The summed E-state index contributed by atoms with van der Waals surface area (Å²) in [6, 6.07) is 21.8. The van der Waals surface area contributed by atoms with Crippen molar-refractivity contribution in [3.63, 3.8) is 0 Å². The maximum absolute atomic E-state index is 12.5. The Morgan fingerprint density at radius 3 is 1.91 bits per heavy atom. The fourth-order valence-corrected chi connectivity index (χ4v) is 4.07. The molecule has 0 aliphatic carbocycles. The summed E-state index contributed by atoms with van der Waals surface area (Å²) in [4.78, 5) is 12.5. The molecule has 3 aromatic rings. The van der Waals surface area contributed by atoms with Gasteiger partial charge in [-0.05, 0) is 57.6 Å². The summed E-state index contributed by atoms with van der Waals surface area (Å²) in [5.41, 5.74) is 5.79. The number of anilines is 1. The molecular formula is C30H38N2O2. The molecule has 3 aromatic carbocycles. The van der Waals surface area contributed by atoms with Crippen LogP contribution in [-0.4, -0.2) is 11.1 Å². The molecule has 0 spiro atoms. The lowest BCUT2D eigenvalue weighted by molar-refractivity contribution is 0.251. The number of carbonyl (C=O) groups excluding carboxylic acids is 1. The summed E-state index contributed by atoms with van der Waals surface area (Å²) in [6.07, 6.45) is 1.60. The van der Waals surface area contributed by atoms with Crippen LogP contribution < -0.4 is 10.6 Å². The minimum absolute atomic E-state index is 0.156. The highest BCUT2D eigenvalue weighted by Crippen LogP contribution is 2.40. The van der Waals surface area contributed by atoms with Gasteiger partial charge in [0.15, 0.2) is 0 Å². The van der Waals surface area contributed by atoms with E-state index in [0.29, 0.717) is 12.3 Å². The number of amides is 2. The first-order valence-electron chi connectivity index (χ1n) is 12.0. The molecule has 180 valence electrons. The molecule has 0 heterocycles.